The van der Waals surface area contributed by atoms with E-state index in [4.69, 9.17) is 5.11 Å². The summed E-state index contributed by atoms with van der Waals surface area (Å²) in [6, 6.07) is 3.88. The van der Waals surface area contributed by atoms with Gasteiger partial charge in [0.05, 0.1) is 11.5 Å². The van der Waals surface area contributed by atoms with Crippen LogP contribution in [0.3, 0.4) is 0 Å². The molecule has 1 saturated carbocycles. The van der Waals surface area contributed by atoms with Crippen LogP contribution in [0.25, 0.3) is 0 Å². The number of benzene rings is 1. The van der Waals surface area contributed by atoms with E-state index in [2.05, 4.69) is 10.6 Å². The molecule has 2 rings (SSSR count). The molecule has 1 fully saturated rings. The lowest BCUT2D eigenvalue weighted by Gasteiger charge is -2.07. The molecule has 1 aliphatic carbocycles. The van der Waals surface area contributed by atoms with Gasteiger partial charge in [0.15, 0.2) is 0 Å². The van der Waals surface area contributed by atoms with Crippen LogP contribution in [-0.2, 0) is 4.79 Å². The van der Waals surface area contributed by atoms with E-state index in [0.29, 0.717) is 5.69 Å². The Morgan fingerprint density at radius 1 is 1.40 bits per heavy atom. The van der Waals surface area contributed by atoms with Crippen LogP contribution in [0.15, 0.2) is 18.2 Å². The number of nitro benzene ring substituents is 1. The van der Waals surface area contributed by atoms with Crippen molar-refractivity contribution in [3.8, 4) is 0 Å². The molecule has 20 heavy (non-hydrogen) atoms. The molecule has 8 nitrogen and oxygen atoms in total. The minimum absolute atomic E-state index is 0.0138. The molecule has 0 unspecified atom stereocenters. The third-order valence-electron chi connectivity index (χ3n) is 2.82. The highest BCUT2D eigenvalue weighted by atomic mass is 16.6. The number of hydrogen-bond donors (Lipinski definition) is 3. The number of carbonyl (C=O) groups is 2. The van der Waals surface area contributed by atoms with Gasteiger partial charge in [-0.15, -0.1) is 0 Å². The van der Waals surface area contributed by atoms with Gasteiger partial charge in [0, 0.05) is 17.8 Å². The zero-order valence-electron chi connectivity index (χ0n) is 10.5. The molecule has 8 heteroatoms. The lowest BCUT2D eigenvalue weighted by Crippen LogP contribution is -2.31. The van der Waals surface area contributed by atoms with Gasteiger partial charge in [0.1, 0.15) is 5.56 Å². The fourth-order valence-corrected chi connectivity index (χ4v) is 1.66. The van der Waals surface area contributed by atoms with Crippen molar-refractivity contribution in [2.24, 2.45) is 0 Å². The first-order valence-corrected chi connectivity index (χ1v) is 6.02. The summed E-state index contributed by atoms with van der Waals surface area (Å²) in [7, 11) is 0. The SMILES string of the molecule is O=C(CNc1ccc(C(=O)O)c([N+](=O)[O-])c1)NC1CC1. The first-order chi connectivity index (χ1) is 9.47. The Labute approximate surface area is 113 Å². The van der Waals surface area contributed by atoms with Crippen molar-refractivity contribution < 1.29 is 19.6 Å². The molecule has 0 heterocycles. The molecule has 0 spiro atoms. The standard InChI is InChI=1S/C12H13N3O5/c16-11(14-7-1-2-7)6-13-8-3-4-9(12(17)18)10(5-8)15(19)20/h3-5,7,13H,1-2,6H2,(H,14,16)(H,17,18). The topological polar surface area (TPSA) is 122 Å². The predicted molar refractivity (Wildman–Crippen MR) is 69.7 cm³/mol. The number of anilines is 1. The Balaban J connectivity index is 2.04. The summed E-state index contributed by atoms with van der Waals surface area (Å²) in [5, 5.41) is 25.1. The van der Waals surface area contributed by atoms with Gasteiger partial charge < -0.3 is 15.7 Å². The number of carboxylic acid groups (broad SMARTS) is 1. The molecule has 0 atom stereocenters. The molecule has 0 saturated heterocycles. The largest absolute Gasteiger partial charge is 0.477 e. The molecule has 0 radical (unpaired) electrons. The van der Waals surface area contributed by atoms with Gasteiger partial charge in [0.2, 0.25) is 5.91 Å². The molecule has 3 N–H and O–H groups in total. The van der Waals surface area contributed by atoms with Gasteiger partial charge in [0.25, 0.3) is 5.69 Å². The van der Waals surface area contributed by atoms with E-state index in [1.165, 1.54) is 6.07 Å². The van der Waals surface area contributed by atoms with Gasteiger partial charge in [-0.3, -0.25) is 14.9 Å². The molecule has 0 bridgehead atoms. The number of rotatable bonds is 6. The maximum absolute atomic E-state index is 11.5. The highest BCUT2D eigenvalue weighted by Gasteiger charge is 2.23. The number of aromatic carboxylic acids is 1. The van der Waals surface area contributed by atoms with Gasteiger partial charge >= 0.3 is 5.97 Å². The molecule has 0 aliphatic heterocycles. The number of amides is 1. The van der Waals surface area contributed by atoms with Crippen LogP contribution in [0.2, 0.25) is 0 Å². The van der Waals surface area contributed by atoms with Gasteiger partial charge in [-0.1, -0.05) is 0 Å². The normalized spacial score (nSPS) is 13.6. The average molecular weight is 279 g/mol. The molecule has 106 valence electrons. The zero-order chi connectivity index (χ0) is 14.7. The molecule has 0 aromatic heterocycles. The van der Waals surface area contributed by atoms with Crippen LogP contribution in [0.4, 0.5) is 11.4 Å². The van der Waals surface area contributed by atoms with Crippen LogP contribution < -0.4 is 10.6 Å². The van der Waals surface area contributed by atoms with Crippen molar-refractivity contribution in [1.29, 1.82) is 0 Å². The van der Waals surface area contributed by atoms with Gasteiger partial charge in [-0.25, -0.2) is 4.79 Å². The predicted octanol–water partition coefficient (Wildman–Crippen LogP) is 0.984. The number of carbonyl (C=O) groups excluding carboxylic acids is 1. The van der Waals surface area contributed by atoms with E-state index in [1.54, 1.807) is 0 Å². The van der Waals surface area contributed by atoms with Gasteiger partial charge in [-0.2, -0.15) is 0 Å². The van der Waals surface area contributed by atoms with Crippen LogP contribution in [0.5, 0.6) is 0 Å². The van der Waals surface area contributed by atoms with Crippen molar-refractivity contribution in [1.82, 2.24) is 5.32 Å². The number of nitrogens with one attached hydrogen (secondary N) is 2. The third-order valence-corrected chi connectivity index (χ3v) is 2.82. The monoisotopic (exact) mass is 279 g/mol. The summed E-state index contributed by atoms with van der Waals surface area (Å²) < 4.78 is 0. The fourth-order valence-electron chi connectivity index (χ4n) is 1.66. The Morgan fingerprint density at radius 3 is 2.65 bits per heavy atom. The molecule has 1 aliphatic rings. The quantitative estimate of drug-likeness (QED) is 0.527. The second-order valence-electron chi connectivity index (χ2n) is 4.49. The highest BCUT2D eigenvalue weighted by Crippen LogP contribution is 2.23. The Hall–Kier alpha value is -2.64. The smallest absolute Gasteiger partial charge is 0.342 e. The number of nitrogens with zero attached hydrogens (tertiary/aromatic N) is 1. The first-order valence-electron chi connectivity index (χ1n) is 6.02. The minimum atomic E-state index is -1.37. The fraction of sp³-hybridized carbons (Fsp3) is 0.333. The summed E-state index contributed by atoms with van der Waals surface area (Å²) >= 11 is 0. The zero-order valence-corrected chi connectivity index (χ0v) is 10.5. The number of hydrogen-bond acceptors (Lipinski definition) is 5. The maximum atomic E-state index is 11.5. The van der Waals surface area contributed by atoms with Crippen molar-refractivity contribution >= 4 is 23.3 Å². The lowest BCUT2D eigenvalue weighted by atomic mass is 10.1. The van der Waals surface area contributed by atoms with Crippen molar-refractivity contribution in [3.63, 3.8) is 0 Å². The Bertz CT molecular complexity index is 568. The molecular formula is C12H13N3O5. The second-order valence-corrected chi connectivity index (χ2v) is 4.49. The van der Waals surface area contributed by atoms with E-state index in [0.717, 1.165) is 25.0 Å². The van der Waals surface area contributed by atoms with Crippen molar-refractivity contribution in [2.75, 3.05) is 11.9 Å². The van der Waals surface area contributed by atoms with E-state index in [9.17, 15) is 19.7 Å². The van der Waals surface area contributed by atoms with E-state index in [-0.39, 0.29) is 24.1 Å². The van der Waals surface area contributed by atoms with Crippen LogP contribution in [0.1, 0.15) is 23.2 Å². The summed E-state index contributed by atoms with van der Waals surface area (Å²) in [5.41, 5.74) is -0.569. The molecule has 1 amide bonds. The van der Waals surface area contributed by atoms with Crippen molar-refractivity contribution in [3.05, 3.63) is 33.9 Å². The first kappa shape index (κ1) is 13.8. The van der Waals surface area contributed by atoms with Crippen LogP contribution in [0, 0.1) is 10.1 Å². The Morgan fingerprint density at radius 2 is 2.10 bits per heavy atom. The summed E-state index contributed by atoms with van der Waals surface area (Å²) in [4.78, 5) is 32.3. The summed E-state index contributed by atoms with van der Waals surface area (Å²) in [6.07, 6.45) is 1.95. The van der Waals surface area contributed by atoms with Gasteiger partial charge in [-0.05, 0) is 25.0 Å². The number of carboxylic acids is 1. The van der Waals surface area contributed by atoms with Crippen LogP contribution >= 0.6 is 0 Å². The van der Waals surface area contributed by atoms with E-state index < -0.39 is 16.6 Å². The second kappa shape index (κ2) is 5.55. The molecule has 1 aromatic rings. The van der Waals surface area contributed by atoms with Crippen molar-refractivity contribution in [2.45, 2.75) is 18.9 Å². The van der Waals surface area contributed by atoms with E-state index >= 15 is 0 Å². The minimum Gasteiger partial charge on any atom is -0.477 e. The highest BCUT2D eigenvalue weighted by molar-refractivity contribution is 5.93. The van der Waals surface area contributed by atoms with Crippen LogP contribution in [-0.4, -0.2) is 34.5 Å². The number of nitro groups is 1. The lowest BCUT2D eigenvalue weighted by molar-refractivity contribution is -0.385. The average Bonchev–Trinajstić information content (AvgIpc) is 3.19. The summed E-state index contributed by atoms with van der Waals surface area (Å²) in [6.45, 7) is -0.0138. The summed E-state index contributed by atoms with van der Waals surface area (Å²) in [5.74, 6) is -1.56. The van der Waals surface area contributed by atoms with E-state index in [1.807, 2.05) is 0 Å². The molecule has 1 aromatic carbocycles. The maximum Gasteiger partial charge on any atom is 0.342 e. The Kier molecular flexibility index (Phi) is 3.83. The third kappa shape index (κ3) is 3.44. The molecular weight excluding hydrogens is 266 g/mol.